The van der Waals surface area contributed by atoms with E-state index in [9.17, 15) is 4.79 Å². The molecule has 1 aromatic carbocycles. The van der Waals surface area contributed by atoms with Crippen LogP contribution in [0.25, 0.3) is 0 Å². The van der Waals surface area contributed by atoms with Gasteiger partial charge in [-0.25, -0.2) is 5.84 Å². The number of amides is 1. The summed E-state index contributed by atoms with van der Waals surface area (Å²) in [5.74, 6) is 4.88. The maximum absolute atomic E-state index is 11.6. The van der Waals surface area contributed by atoms with Crippen LogP contribution in [0.1, 0.15) is 29.8 Å². The highest BCUT2D eigenvalue weighted by Crippen LogP contribution is 2.13. The number of rotatable bonds is 6. The van der Waals surface area contributed by atoms with E-state index in [0.717, 1.165) is 5.56 Å². The summed E-state index contributed by atoms with van der Waals surface area (Å²) in [6.45, 7) is 5.41. The van der Waals surface area contributed by atoms with Gasteiger partial charge in [-0.05, 0) is 25.5 Å². The van der Waals surface area contributed by atoms with Crippen LogP contribution in [0.4, 0.5) is 0 Å². The largest absolute Gasteiger partial charge is 0.395 e. The normalized spacial score (nSPS) is 11.0. The fraction of sp³-hybridized carbons (Fsp3) is 0.462. The molecule has 0 aliphatic rings. The number of carbonyl (C=O) groups excluding carboxylic acids is 1. The lowest BCUT2D eigenvalue weighted by Crippen LogP contribution is -2.35. The number of aliphatic hydroxyl groups is 1. The highest BCUT2D eigenvalue weighted by molar-refractivity contribution is 5.95. The maximum Gasteiger partial charge on any atom is 0.265 e. The summed E-state index contributed by atoms with van der Waals surface area (Å²) in [6.07, 6.45) is 0. The van der Waals surface area contributed by atoms with Gasteiger partial charge in [0.15, 0.2) is 0 Å². The summed E-state index contributed by atoms with van der Waals surface area (Å²) in [5.41, 5.74) is 3.63. The van der Waals surface area contributed by atoms with Gasteiger partial charge >= 0.3 is 0 Å². The zero-order chi connectivity index (χ0) is 13.5. The molecular weight excluding hydrogens is 230 g/mol. The van der Waals surface area contributed by atoms with Gasteiger partial charge in [0.1, 0.15) is 0 Å². The SMILES string of the molecule is CC(C)N(CCO)Cc1ccccc1C(=O)NN. The molecule has 4 N–H and O–H groups in total. The Hall–Kier alpha value is -1.43. The summed E-state index contributed by atoms with van der Waals surface area (Å²) >= 11 is 0. The third-order valence-corrected chi connectivity index (χ3v) is 2.88. The smallest absolute Gasteiger partial charge is 0.265 e. The number of hydrazine groups is 1. The second kappa shape index (κ2) is 7.10. The monoisotopic (exact) mass is 251 g/mol. The van der Waals surface area contributed by atoms with Crippen LogP contribution in [0.15, 0.2) is 24.3 Å². The number of nitrogen functional groups attached to an aromatic ring is 1. The minimum Gasteiger partial charge on any atom is -0.395 e. The quantitative estimate of drug-likeness (QED) is 0.391. The van der Waals surface area contributed by atoms with E-state index in [0.29, 0.717) is 24.7 Å². The molecule has 0 saturated carbocycles. The minimum absolute atomic E-state index is 0.101. The number of nitrogens with two attached hydrogens (primary N) is 1. The first kappa shape index (κ1) is 14.6. The standard InChI is InChI=1S/C13H21N3O2/c1-10(2)16(7-8-17)9-11-5-3-4-6-12(11)13(18)15-14/h3-6,10,17H,7-9,14H2,1-2H3,(H,15,18). The number of aliphatic hydroxyl groups excluding tert-OH is 1. The van der Waals surface area contributed by atoms with Gasteiger partial charge in [0.25, 0.3) is 5.91 Å². The van der Waals surface area contributed by atoms with Crippen LogP contribution in [0.5, 0.6) is 0 Å². The molecule has 18 heavy (non-hydrogen) atoms. The van der Waals surface area contributed by atoms with Crippen molar-refractivity contribution in [2.24, 2.45) is 5.84 Å². The van der Waals surface area contributed by atoms with Crippen molar-refractivity contribution in [1.29, 1.82) is 0 Å². The summed E-state index contributed by atoms with van der Waals surface area (Å²) in [5, 5.41) is 9.05. The topological polar surface area (TPSA) is 78.6 Å². The molecule has 0 atom stereocenters. The molecule has 0 radical (unpaired) electrons. The van der Waals surface area contributed by atoms with Crippen molar-refractivity contribution in [3.63, 3.8) is 0 Å². The van der Waals surface area contributed by atoms with E-state index >= 15 is 0 Å². The first-order chi connectivity index (χ1) is 8.60. The minimum atomic E-state index is -0.293. The molecule has 1 aromatic rings. The van der Waals surface area contributed by atoms with E-state index in [-0.39, 0.29) is 12.5 Å². The van der Waals surface area contributed by atoms with Gasteiger partial charge in [-0.3, -0.25) is 15.1 Å². The molecule has 0 aromatic heterocycles. The van der Waals surface area contributed by atoms with Gasteiger partial charge in [0.05, 0.1) is 6.61 Å². The van der Waals surface area contributed by atoms with E-state index in [4.69, 9.17) is 10.9 Å². The Balaban J connectivity index is 2.91. The van der Waals surface area contributed by atoms with E-state index < -0.39 is 0 Å². The van der Waals surface area contributed by atoms with Crippen molar-refractivity contribution < 1.29 is 9.90 Å². The fourth-order valence-corrected chi connectivity index (χ4v) is 1.82. The van der Waals surface area contributed by atoms with Gasteiger partial charge in [-0.2, -0.15) is 0 Å². The average Bonchev–Trinajstić information content (AvgIpc) is 2.37. The second-order valence-electron chi connectivity index (χ2n) is 4.42. The van der Waals surface area contributed by atoms with Crippen molar-refractivity contribution in [2.75, 3.05) is 13.2 Å². The van der Waals surface area contributed by atoms with Crippen molar-refractivity contribution in [2.45, 2.75) is 26.4 Å². The molecule has 5 nitrogen and oxygen atoms in total. The Bertz CT molecular complexity index is 394. The lowest BCUT2D eigenvalue weighted by molar-refractivity contribution is 0.0950. The predicted molar refractivity (Wildman–Crippen MR) is 70.7 cm³/mol. The molecule has 100 valence electrons. The average molecular weight is 251 g/mol. The highest BCUT2D eigenvalue weighted by atomic mass is 16.3. The molecule has 0 saturated heterocycles. The molecule has 5 heteroatoms. The van der Waals surface area contributed by atoms with Crippen molar-refractivity contribution in [3.05, 3.63) is 35.4 Å². The first-order valence-electron chi connectivity index (χ1n) is 6.04. The van der Waals surface area contributed by atoms with E-state index in [1.165, 1.54) is 0 Å². The van der Waals surface area contributed by atoms with Crippen molar-refractivity contribution in [3.8, 4) is 0 Å². The molecule has 0 aliphatic carbocycles. The third-order valence-electron chi connectivity index (χ3n) is 2.88. The number of hydrogen-bond donors (Lipinski definition) is 3. The lowest BCUT2D eigenvalue weighted by Gasteiger charge is -2.26. The van der Waals surface area contributed by atoms with Crippen LogP contribution >= 0.6 is 0 Å². The van der Waals surface area contributed by atoms with Crippen molar-refractivity contribution >= 4 is 5.91 Å². The molecule has 1 amide bonds. The Labute approximate surface area is 108 Å². The number of hydrogen-bond acceptors (Lipinski definition) is 4. The molecule has 0 heterocycles. The van der Waals surface area contributed by atoms with Crippen LogP contribution in [-0.2, 0) is 6.54 Å². The third kappa shape index (κ3) is 3.80. The number of nitrogens with one attached hydrogen (secondary N) is 1. The molecule has 0 fully saturated rings. The van der Waals surface area contributed by atoms with E-state index in [1.54, 1.807) is 12.1 Å². The van der Waals surface area contributed by atoms with Crippen LogP contribution in [0, 0.1) is 0 Å². The predicted octanol–water partition coefficient (Wildman–Crippen LogP) is 0.493. The van der Waals surface area contributed by atoms with Crippen LogP contribution in [-0.4, -0.2) is 35.1 Å². The second-order valence-corrected chi connectivity index (χ2v) is 4.42. The number of benzene rings is 1. The van der Waals surface area contributed by atoms with Crippen molar-refractivity contribution in [1.82, 2.24) is 10.3 Å². The van der Waals surface area contributed by atoms with Gasteiger partial charge < -0.3 is 5.11 Å². The fourth-order valence-electron chi connectivity index (χ4n) is 1.82. The molecule has 0 unspecified atom stereocenters. The lowest BCUT2D eigenvalue weighted by atomic mass is 10.1. The maximum atomic E-state index is 11.6. The molecule has 0 aliphatic heterocycles. The Morgan fingerprint density at radius 1 is 1.44 bits per heavy atom. The Morgan fingerprint density at radius 3 is 2.67 bits per heavy atom. The molecular formula is C13H21N3O2. The zero-order valence-corrected chi connectivity index (χ0v) is 10.9. The van der Waals surface area contributed by atoms with Gasteiger partial charge in [-0.15, -0.1) is 0 Å². The highest BCUT2D eigenvalue weighted by Gasteiger charge is 2.14. The molecule has 0 spiro atoms. The zero-order valence-electron chi connectivity index (χ0n) is 10.9. The Kier molecular flexibility index (Phi) is 5.77. The summed E-state index contributed by atoms with van der Waals surface area (Å²) < 4.78 is 0. The summed E-state index contributed by atoms with van der Waals surface area (Å²) in [6, 6.07) is 7.64. The van der Waals surface area contributed by atoms with Crippen LogP contribution in [0.3, 0.4) is 0 Å². The number of carbonyl (C=O) groups is 1. The van der Waals surface area contributed by atoms with Gasteiger partial charge in [0, 0.05) is 24.7 Å². The van der Waals surface area contributed by atoms with E-state index in [2.05, 4.69) is 24.2 Å². The molecule has 1 rings (SSSR count). The summed E-state index contributed by atoms with van der Waals surface area (Å²) in [4.78, 5) is 13.7. The van der Waals surface area contributed by atoms with Gasteiger partial charge in [-0.1, -0.05) is 18.2 Å². The summed E-state index contributed by atoms with van der Waals surface area (Å²) in [7, 11) is 0. The van der Waals surface area contributed by atoms with Gasteiger partial charge in [0.2, 0.25) is 0 Å². The van der Waals surface area contributed by atoms with Crippen LogP contribution < -0.4 is 11.3 Å². The van der Waals surface area contributed by atoms with E-state index in [1.807, 2.05) is 12.1 Å². The first-order valence-corrected chi connectivity index (χ1v) is 6.04. The Morgan fingerprint density at radius 2 is 2.11 bits per heavy atom. The van der Waals surface area contributed by atoms with Crippen LogP contribution in [0.2, 0.25) is 0 Å². The molecule has 0 bridgehead atoms. The number of nitrogens with zero attached hydrogens (tertiary/aromatic N) is 1.